The van der Waals surface area contributed by atoms with E-state index in [4.69, 9.17) is 5.73 Å². The van der Waals surface area contributed by atoms with Crippen LogP contribution >= 0.6 is 11.8 Å². The van der Waals surface area contributed by atoms with Gasteiger partial charge >= 0.3 is 0 Å². The molecule has 2 aromatic rings. The van der Waals surface area contributed by atoms with E-state index in [9.17, 15) is 5.11 Å². The number of rotatable bonds is 3. The average Bonchev–Trinajstić information content (AvgIpc) is 2.73. The van der Waals surface area contributed by atoms with Gasteiger partial charge in [-0.1, -0.05) is 0 Å². The number of thioether (sulfide) groups is 1. The standard InChI is InChI=1S/C13H17N3OS/c1-13(2,18-3)11-8-12(14)16(15-11)9-4-6-10(17)7-5-9/h4-8,17H,14H2,1-3H3. The van der Waals surface area contributed by atoms with Crippen molar-refractivity contribution in [2.75, 3.05) is 12.0 Å². The molecule has 0 bridgehead atoms. The van der Waals surface area contributed by atoms with Gasteiger partial charge in [-0.15, -0.1) is 0 Å². The van der Waals surface area contributed by atoms with Crippen molar-refractivity contribution in [1.82, 2.24) is 9.78 Å². The molecule has 3 N–H and O–H groups in total. The first-order valence-corrected chi connectivity index (χ1v) is 6.87. The van der Waals surface area contributed by atoms with Gasteiger partial charge in [0.05, 0.1) is 16.1 Å². The monoisotopic (exact) mass is 263 g/mol. The van der Waals surface area contributed by atoms with Crippen LogP contribution in [0.1, 0.15) is 19.5 Å². The van der Waals surface area contributed by atoms with Crippen LogP contribution in [0.3, 0.4) is 0 Å². The minimum absolute atomic E-state index is 0.0731. The van der Waals surface area contributed by atoms with E-state index in [1.54, 1.807) is 40.7 Å². The molecule has 2 rings (SSSR count). The lowest BCUT2D eigenvalue weighted by Gasteiger charge is -2.18. The Morgan fingerprint density at radius 1 is 1.28 bits per heavy atom. The predicted molar refractivity (Wildman–Crippen MR) is 76.2 cm³/mol. The van der Waals surface area contributed by atoms with Crippen molar-refractivity contribution >= 4 is 17.6 Å². The van der Waals surface area contributed by atoms with Gasteiger partial charge in [0.15, 0.2) is 0 Å². The predicted octanol–water partition coefficient (Wildman–Crippen LogP) is 2.76. The number of aromatic nitrogens is 2. The first kappa shape index (κ1) is 12.8. The molecule has 0 aliphatic rings. The summed E-state index contributed by atoms with van der Waals surface area (Å²) in [4.78, 5) is 0. The average molecular weight is 263 g/mol. The van der Waals surface area contributed by atoms with Gasteiger partial charge in [-0.05, 0) is 44.4 Å². The molecule has 5 heteroatoms. The second kappa shape index (κ2) is 4.57. The molecule has 0 saturated carbocycles. The Morgan fingerprint density at radius 3 is 2.44 bits per heavy atom. The maximum Gasteiger partial charge on any atom is 0.127 e. The second-order valence-corrected chi connectivity index (χ2v) is 6.03. The van der Waals surface area contributed by atoms with Crippen LogP contribution in [0, 0.1) is 0 Å². The summed E-state index contributed by atoms with van der Waals surface area (Å²) < 4.78 is 1.61. The summed E-state index contributed by atoms with van der Waals surface area (Å²) in [5, 5.41) is 13.8. The van der Waals surface area contributed by atoms with Crippen molar-refractivity contribution < 1.29 is 5.11 Å². The van der Waals surface area contributed by atoms with Crippen LogP contribution in [-0.2, 0) is 4.75 Å². The van der Waals surface area contributed by atoms with Crippen molar-refractivity contribution in [3.63, 3.8) is 0 Å². The SMILES string of the molecule is CSC(C)(C)c1cc(N)n(-c2ccc(O)cc2)n1. The molecule has 0 aliphatic heterocycles. The van der Waals surface area contributed by atoms with Crippen LogP contribution in [0.2, 0.25) is 0 Å². The molecule has 0 aliphatic carbocycles. The van der Waals surface area contributed by atoms with E-state index in [0.717, 1.165) is 11.4 Å². The third kappa shape index (κ3) is 2.31. The molecular formula is C13H17N3OS. The van der Waals surface area contributed by atoms with E-state index in [2.05, 4.69) is 25.2 Å². The molecule has 0 unspecified atom stereocenters. The lowest BCUT2D eigenvalue weighted by atomic mass is 10.1. The molecule has 0 radical (unpaired) electrons. The molecule has 1 aromatic heterocycles. The van der Waals surface area contributed by atoms with E-state index in [0.29, 0.717) is 5.82 Å². The Bertz CT molecular complexity index is 546. The lowest BCUT2D eigenvalue weighted by Crippen LogP contribution is -2.12. The number of phenols is 1. The zero-order valence-electron chi connectivity index (χ0n) is 10.7. The quantitative estimate of drug-likeness (QED) is 0.893. The minimum Gasteiger partial charge on any atom is -0.508 e. The maximum absolute atomic E-state index is 9.28. The maximum atomic E-state index is 9.28. The number of benzene rings is 1. The van der Waals surface area contributed by atoms with Crippen molar-refractivity contribution in [3.05, 3.63) is 36.0 Å². The summed E-state index contributed by atoms with van der Waals surface area (Å²) in [6.45, 7) is 4.22. The zero-order valence-corrected chi connectivity index (χ0v) is 11.5. The Kier molecular flexibility index (Phi) is 3.26. The number of hydrogen-bond acceptors (Lipinski definition) is 4. The number of hydrogen-bond donors (Lipinski definition) is 2. The molecule has 0 fully saturated rings. The smallest absolute Gasteiger partial charge is 0.127 e. The summed E-state index contributed by atoms with van der Waals surface area (Å²) in [5.41, 5.74) is 7.78. The summed E-state index contributed by atoms with van der Waals surface area (Å²) in [5.74, 6) is 0.826. The molecule has 4 nitrogen and oxygen atoms in total. The van der Waals surface area contributed by atoms with Gasteiger partial charge in [0, 0.05) is 6.07 Å². The highest BCUT2D eigenvalue weighted by atomic mass is 32.2. The molecule has 18 heavy (non-hydrogen) atoms. The topological polar surface area (TPSA) is 64.1 Å². The third-order valence-corrected chi connectivity index (χ3v) is 4.19. The van der Waals surface area contributed by atoms with Gasteiger partial charge in [0.2, 0.25) is 0 Å². The van der Waals surface area contributed by atoms with Crippen LogP contribution in [0.4, 0.5) is 5.82 Å². The zero-order chi connectivity index (χ0) is 13.3. The number of nitrogen functional groups attached to an aromatic ring is 1. The van der Waals surface area contributed by atoms with Crippen LogP contribution in [-0.4, -0.2) is 21.1 Å². The Hall–Kier alpha value is -1.62. The number of anilines is 1. The fourth-order valence-corrected chi connectivity index (χ4v) is 1.90. The van der Waals surface area contributed by atoms with Gasteiger partial charge in [-0.3, -0.25) is 0 Å². The molecule has 1 heterocycles. The third-order valence-electron chi connectivity index (χ3n) is 2.96. The van der Waals surface area contributed by atoms with Crippen molar-refractivity contribution in [2.45, 2.75) is 18.6 Å². The van der Waals surface area contributed by atoms with Gasteiger partial charge in [0.25, 0.3) is 0 Å². The van der Waals surface area contributed by atoms with E-state index in [1.165, 1.54) is 0 Å². The van der Waals surface area contributed by atoms with Crippen LogP contribution in [0.5, 0.6) is 5.75 Å². The van der Waals surface area contributed by atoms with Gasteiger partial charge in [-0.2, -0.15) is 16.9 Å². The Labute approximate surface area is 111 Å². The van der Waals surface area contributed by atoms with Crippen molar-refractivity contribution in [3.8, 4) is 11.4 Å². The molecular weight excluding hydrogens is 246 g/mol. The molecule has 0 amide bonds. The summed E-state index contributed by atoms with van der Waals surface area (Å²) in [6.07, 6.45) is 2.05. The normalized spacial score (nSPS) is 11.7. The number of phenolic OH excluding ortho intramolecular Hbond substituents is 1. The molecule has 0 atom stereocenters. The van der Waals surface area contributed by atoms with E-state index < -0.39 is 0 Å². The second-order valence-electron chi connectivity index (χ2n) is 4.60. The number of aromatic hydroxyl groups is 1. The number of nitrogens with two attached hydrogens (primary N) is 1. The summed E-state index contributed by atoms with van der Waals surface area (Å²) in [7, 11) is 0. The van der Waals surface area contributed by atoms with Gasteiger partial charge in [-0.25, -0.2) is 4.68 Å². The molecule has 1 aromatic carbocycles. The highest BCUT2D eigenvalue weighted by Crippen LogP contribution is 2.34. The Balaban J connectivity index is 2.44. The lowest BCUT2D eigenvalue weighted by molar-refractivity contribution is 0.475. The van der Waals surface area contributed by atoms with Gasteiger partial charge in [0.1, 0.15) is 11.6 Å². The van der Waals surface area contributed by atoms with Crippen LogP contribution < -0.4 is 5.73 Å². The van der Waals surface area contributed by atoms with Crippen molar-refractivity contribution in [2.24, 2.45) is 0 Å². The molecule has 0 saturated heterocycles. The van der Waals surface area contributed by atoms with Crippen LogP contribution in [0.25, 0.3) is 5.69 Å². The minimum atomic E-state index is -0.0731. The Morgan fingerprint density at radius 2 is 1.89 bits per heavy atom. The van der Waals surface area contributed by atoms with E-state index >= 15 is 0 Å². The molecule has 96 valence electrons. The highest BCUT2D eigenvalue weighted by molar-refractivity contribution is 7.99. The fourth-order valence-electron chi connectivity index (χ4n) is 1.59. The fraction of sp³-hybridized carbons (Fsp3) is 0.308. The largest absolute Gasteiger partial charge is 0.508 e. The first-order valence-electron chi connectivity index (χ1n) is 5.64. The van der Waals surface area contributed by atoms with E-state index in [1.807, 2.05) is 6.07 Å². The summed E-state index contributed by atoms with van der Waals surface area (Å²) >= 11 is 1.73. The van der Waals surface area contributed by atoms with E-state index in [-0.39, 0.29) is 10.5 Å². The molecule has 0 spiro atoms. The first-order chi connectivity index (χ1) is 8.44. The number of nitrogens with zero attached hydrogens (tertiary/aromatic N) is 2. The van der Waals surface area contributed by atoms with Crippen LogP contribution in [0.15, 0.2) is 30.3 Å². The van der Waals surface area contributed by atoms with Crippen molar-refractivity contribution in [1.29, 1.82) is 0 Å². The van der Waals surface area contributed by atoms with Gasteiger partial charge < -0.3 is 10.8 Å². The summed E-state index contributed by atoms with van der Waals surface area (Å²) in [6, 6.07) is 8.71. The highest BCUT2D eigenvalue weighted by Gasteiger charge is 2.23.